The van der Waals surface area contributed by atoms with Crippen LogP contribution in [0.1, 0.15) is 46.4 Å². The molecule has 3 heterocycles. The van der Waals surface area contributed by atoms with Crippen molar-refractivity contribution in [3.63, 3.8) is 0 Å². The van der Waals surface area contributed by atoms with Gasteiger partial charge in [0.25, 0.3) is 0 Å². The highest BCUT2D eigenvalue weighted by Crippen LogP contribution is 2.31. The molecule has 168 valence electrons. The number of amides is 1. The molecule has 32 heavy (non-hydrogen) atoms. The SMILES string of the molecule is Cc1cc(C(F)(F)F)nn1CC(=O)N1CCC(c2nc(C=Cc3ccccc3)cs2)CC1. The maximum atomic E-state index is 12.8. The molecule has 0 aliphatic carbocycles. The van der Waals surface area contributed by atoms with Crippen LogP contribution in [0.15, 0.2) is 41.8 Å². The first kappa shape index (κ1) is 22.3. The van der Waals surface area contributed by atoms with Gasteiger partial charge in [-0.2, -0.15) is 18.3 Å². The number of piperidine rings is 1. The number of halogens is 3. The molecular weight excluding hydrogens is 437 g/mol. The van der Waals surface area contributed by atoms with Gasteiger partial charge in [0.15, 0.2) is 5.69 Å². The van der Waals surface area contributed by atoms with Crippen LogP contribution in [-0.4, -0.2) is 38.7 Å². The van der Waals surface area contributed by atoms with E-state index in [1.807, 2.05) is 47.9 Å². The second kappa shape index (κ2) is 9.28. The highest BCUT2D eigenvalue weighted by Gasteiger charge is 2.35. The second-order valence-electron chi connectivity index (χ2n) is 7.84. The van der Waals surface area contributed by atoms with E-state index in [1.54, 1.807) is 16.2 Å². The number of hydrogen-bond donors (Lipinski definition) is 0. The van der Waals surface area contributed by atoms with Gasteiger partial charge in [-0.3, -0.25) is 9.48 Å². The quantitative estimate of drug-likeness (QED) is 0.523. The van der Waals surface area contributed by atoms with Crippen LogP contribution in [0.2, 0.25) is 0 Å². The van der Waals surface area contributed by atoms with E-state index in [0.29, 0.717) is 18.8 Å². The minimum Gasteiger partial charge on any atom is -0.341 e. The Bertz CT molecular complexity index is 1100. The van der Waals surface area contributed by atoms with Crippen LogP contribution in [0.4, 0.5) is 13.2 Å². The Labute approximate surface area is 188 Å². The molecule has 0 radical (unpaired) electrons. The normalized spacial score (nSPS) is 15.6. The molecule has 1 fully saturated rings. The topological polar surface area (TPSA) is 51.0 Å². The van der Waals surface area contributed by atoms with Crippen LogP contribution in [0.25, 0.3) is 12.2 Å². The average Bonchev–Trinajstić information content (AvgIpc) is 3.40. The highest BCUT2D eigenvalue weighted by molar-refractivity contribution is 7.09. The first-order valence-electron chi connectivity index (χ1n) is 10.4. The lowest BCUT2D eigenvalue weighted by Crippen LogP contribution is -2.40. The van der Waals surface area contributed by atoms with Gasteiger partial charge in [-0.1, -0.05) is 36.4 Å². The predicted molar refractivity (Wildman–Crippen MR) is 118 cm³/mol. The predicted octanol–water partition coefficient (Wildman–Crippen LogP) is 5.24. The van der Waals surface area contributed by atoms with Crippen LogP contribution in [0, 0.1) is 6.92 Å². The number of thiazole rings is 1. The van der Waals surface area contributed by atoms with Crippen molar-refractivity contribution in [3.8, 4) is 0 Å². The summed E-state index contributed by atoms with van der Waals surface area (Å²) in [6, 6.07) is 11.0. The molecule has 3 aromatic rings. The molecular formula is C23H23F3N4OS. The van der Waals surface area contributed by atoms with Crippen LogP contribution >= 0.6 is 11.3 Å². The third-order valence-corrected chi connectivity index (χ3v) is 6.56. The van der Waals surface area contributed by atoms with E-state index in [-0.39, 0.29) is 18.4 Å². The van der Waals surface area contributed by atoms with Crippen molar-refractivity contribution in [1.82, 2.24) is 19.7 Å². The number of carbonyl (C=O) groups excluding carboxylic acids is 1. The minimum atomic E-state index is -4.51. The summed E-state index contributed by atoms with van der Waals surface area (Å²) in [5.41, 5.74) is 1.38. The number of aryl methyl sites for hydroxylation is 1. The monoisotopic (exact) mass is 460 g/mol. The fourth-order valence-electron chi connectivity index (χ4n) is 3.72. The largest absolute Gasteiger partial charge is 0.435 e. The summed E-state index contributed by atoms with van der Waals surface area (Å²) in [6.07, 6.45) is 1.08. The minimum absolute atomic E-state index is 0.182. The zero-order valence-corrected chi connectivity index (χ0v) is 18.4. The maximum absolute atomic E-state index is 12.8. The maximum Gasteiger partial charge on any atom is 0.435 e. The number of aromatic nitrogens is 3. The van der Waals surface area contributed by atoms with E-state index >= 15 is 0 Å². The number of alkyl halides is 3. The summed E-state index contributed by atoms with van der Waals surface area (Å²) >= 11 is 1.62. The molecule has 0 unspecified atom stereocenters. The number of carbonyl (C=O) groups is 1. The fourth-order valence-corrected chi connectivity index (χ4v) is 4.68. The molecule has 2 aromatic heterocycles. The fraction of sp³-hybridized carbons (Fsp3) is 0.348. The Morgan fingerprint density at radius 3 is 2.56 bits per heavy atom. The second-order valence-corrected chi connectivity index (χ2v) is 8.73. The molecule has 5 nitrogen and oxygen atoms in total. The van der Waals surface area contributed by atoms with Gasteiger partial charge < -0.3 is 4.90 Å². The van der Waals surface area contributed by atoms with Crippen molar-refractivity contribution >= 4 is 29.4 Å². The van der Waals surface area contributed by atoms with Crippen molar-refractivity contribution in [2.24, 2.45) is 0 Å². The smallest absolute Gasteiger partial charge is 0.341 e. The summed E-state index contributed by atoms with van der Waals surface area (Å²) in [5, 5.41) is 6.64. The molecule has 9 heteroatoms. The summed E-state index contributed by atoms with van der Waals surface area (Å²) in [5.74, 6) is 0.0696. The molecule has 0 N–H and O–H groups in total. The van der Waals surface area contributed by atoms with Gasteiger partial charge in [-0.15, -0.1) is 11.3 Å². The first-order chi connectivity index (χ1) is 15.3. The number of hydrogen-bond acceptors (Lipinski definition) is 4. The lowest BCUT2D eigenvalue weighted by molar-refractivity contribution is -0.142. The van der Waals surface area contributed by atoms with E-state index < -0.39 is 11.9 Å². The summed E-state index contributed by atoms with van der Waals surface area (Å²) in [4.78, 5) is 19.0. The summed E-state index contributed by atoms with van der Waals surface area (Å²) in [7, 11) is 0. The lowest BCUT2D eigenvalue weighted by Gasteiger charge is -2.31. The third-order valence-electron chi connectivity index (χ3n) is 5.54. The number of nitrogens with zero attached hydrogens (tertiary/aromatic N) is 4. The van der Waals surface area contributed by atoms with Crippen LogP contribution in [0.3, 0.4) is 0 Å². The molecule has 4 rings (SSSR count). The Morgan fingerprint density at radius 1 is 1.19 bits per heavy atom. The number of rotatable bonds is 5. The Kier molecular flexibility index (Phi) is 6.45. The van der Waals surface area contributed by atoms with Crippen LogP contribution in [-0.2, 0) is 17.5 Å². The molecule has 1 aliphatic heterocycles. The summed E-state index contributed by atoms with van der Waals surface area (Å²) < 4.78 is 39.6. The standard InChI is InChI=1S/C23H23F3N4OS/c1-16-13-20(23(24,25)26)28-30(16)14-21(31)29-11-9-18(10-12-29)22-27-19(15-32-22)8-7-17-5-3-2-4-6-17/h2-8,13,15,18H,9-12,14H2,1H3. The van der Waals surface area contributed by atoms with Gasteiger partial charge in [0.05, 0.1) is 10.7 Å². The van der Waals surface area contributed by atoms with E-state index in [4.69, 9.17) is 4.98 Å². The van der Waals surface area contributed by atoms with Gasteiger partial charge in [-0.05, 0) is 37.5 Å². The molecule has 0 saturated carbocycles. The van der Waals surface area contributed by atoms with E-state index in [1.165, 1.54) is 6.92 Å². The zero-order chi connectivity index (χ0) is 22.7. The summed E-state index contributed by atoms with van der Waals surface area (Å²) in [6.45, 7) is 2.46. The van der Waals surface area contributed by atoms with Gasteiger partial charge in [0.1, 0.15) is 6.54 Å². The first-order valence-corrected chi connectivity index (χ1v) is 11.3. The molecule has 1 aliphatic rings. The van der Waals surface area contributed by atoms with Gasteiger partial charge >= 0.3 is 6.18 Å². The van der Waals surface area contributed by atoms with Crippen LogP contribution < -0.4 is 0 Å². The number of likely N-dealkylation sites (tertiary alicyclic amines) is 1. The molecule has 0 bridgehead atoms. The molecule has 1 aromatic carbocycles. The Morgan fingerprint density at radius 2 is 1.91 bits per heavy atom. The van der Waals surface area contributed by atoms with Crippen molar-refractivity contribution in [3.05, 3.63) is 69.4 Å². The van der Waals surface area contributed by atoms with Gasteiger partial charge in [-0.25, -0.2) is 4.98 Å². The van der Waals surface area contributed by atoms with E-state index in [0.717, 1.165) is 39.9 Å². The number of benzene rings is 1. The van der Waals surface area contributed by atoms with Crippen molar-refractivity contribution in [2.75, 3.05) is 13.1 Å². The Balaban J connectivity index is 1.32. The van der Waals surface area contributed by atoms with E-state index in [9.17, 15) is 18.0 Å². The van der Waals surface area contributed by atoms with Crippen molar-refractivity contribution < 1.29 is 18.0 Å². The van der Waals surface area contributed by atoms with Crippen molar-refractivity contribution in [1.29, 1.82) is 0 Å². The van der Waals surface area contributed by atoms with Crippen LogP contribution in [0.5, 0.6) is 0 Å². The third kappa shape index (κ3) is 5.27. The molecule has 0 spiro atoms. The Hall–Kier alpha value is -2.94. The average molecular weight is 461 g/mol. The van der Waals surface area contributed by atoms with E-state index in [2.05, 4.69) is 5.10 Å². The van der Waals surface area contributed by atoms with Gasteiger partial charge in [0, 0.05) is 30.1 Å². The van der Waals surface area contributed by atoms with Gasteiger partial charge in [0.2, 0.25) is 5.91 Å². The van der Waals surface area contributed by atoms with Crippen molar-refractivity contribution in [2.45, 2.75) is 38.4 Å². The molecule has 0 atom stereocenters. The lowest BCUT2D eigenvalue weighted by atomic mass is 9.97. The zero-order valence-electron chi connectivity index (χ0n) is 17.5. The molecule has 1 saturated heterocycles. The highest BCUT2D eigenvalue weighted by atomic mass is 32.1. The molecule has 1 amide bonds.